The quantitative estimate of drug-likeness (QED) is 0.826. The van der Waals surface area contributed by atoms with Crippen molar-refractivity contribution in [2.75, 3.05) is 39.8 Å². The van der Waals surface area contributed by atoms with E-state index in [9.17, 15) is 9.59 Å². The number of rotatable bonds is 4. The molecule has 0 unspecified atom stereocenters. The molecule has 0 atom stereocenters. The lowest BCUT2D eigenvalue weighted by Gasteiger charge is -2.46. The second-order valence-electron chi connectivity index (χ2n) is 5.66. The second-order valence-corrected chi connectivity index (χ2v) is 5.66. The molecule has 0 aromatic heterocycles. The lowest BCUT2D eigenvalue weighted by molar-refractivity contribution is -0.137. The number of carbonyl (C=O) groups is 2. The Morgan fingerprint density at radius 1 is 1.32 bits per heavy atom. The second kappa shape index (κ2) is 6.23. The van der Waals surface area contributed by atoms with Crippen molar-refractivity contribution in [2.45, 2.75) is 32.7 Å². The van der Waals surface area contributed by atoms with E-state index in [1.165, 1.54) is 0 Å². The van der Waals surface area contributed by atoms with Crippen molar-refractivity contribution in [1.82, 2.24) is 14.7 Å². The fraction of sp³-hybridized carbons (Fsp3) is 0.846. The van der Waals surface area contributed by atoms with Crippen LogP contribution in [0.1, 0.15) is 27.2 Å². The molecule has 110 valence electrons. The molecule has 1 saturated heterocycles. The summed E-state index contributed by atoms with van der Waals surface area (Å²) in [5, 5.41) is 8.71. The van der Waals surface area contributed by atoms with Gasteiger partial charge in [0.15, 0.2) is 0 Å². The van der Waals surface area contributed by atoms with E-state index in [0.717, 1.165) is 6.54 Å². The van der Waals surface area contributed by atoms with Crippen LogP contribution < -0.4 is 0 Å². The Hall–Kier alpha value is -1.30. The van der Waals surface area contributed by atoms with Crippen LogP contribution in [-0.4, -0.2) is 77.1 Å². The predicted octanol–water partition coefficient (Wildman–Crippen LogP) is 0.929. The molecule has 0 bridgehead atoms. The number of hydrogen-bond acceptors (Lipinski definition) is 3. The van der Waals surface area contributed by atoms with Crippen LogP contribution in [0, 0.1) is 0 Å². The van der Waals surface area contributed by atoms with Crippen LogP contribution in [0.3, 0.4) is 0 Å². The monoisotopic (exact) mass is 271 g/mol. The minimum Gasteiger partial charge on any atom is -0.481 e. The highest BCUT2D eigenvalue weighted by Crippen LogP contribution is 2.19. The number of amides is 2. The van der Waals surface area contributed by atoms with E-state index < -0.39 is 5.97 Å². The Kier molecular flexibility index (Phi) is 5.17. The first-order chi connectivity index (χ1) is 8.77. The van der Waals surface area contributed by atoms with Crippen LogP contribution in [0.2, 0.25) is 0 Å². The van der Waals surface area contributed by atoms with Crippen LogP contribution in [0.4, 0.5) is 4.79 Å². The van der Waals surface area contributed by atoms with Gasteiger partial charge in [0.05, 0.1) is 6.42 Å². The Morgan fingerprint density at radius 2 is 1.95 bits per heavy atom. The predicted molar refractivity (Wildman–Crippen MR) is 73.2 cm³/mol. The summed E-state index contributed by atoms with van der Waals surface area (Å²) in [5.74, 6) is -0.870. The van der Waals surface area contributed by atoms with Gasteiger partial charge in [0.2, 0.25) is 0 Å². The number of likely N-dealkylation sites (N-methyl/N-ethyl adjacent to an activating group) is 1. The van der Waals surface area contributed by atoms with E-state index in [1.54, 1.807) is 4.90 Å². The standard InChI is InChI=1S/C13H25N3O3/c1-5-15(7-6-11(17)18)12(19)16-9-8-14(4)13(2,3)10-16/h5-10H2,1-4H3,(H,17,18). The highest BCUT2D eigenvalue weighted by Gasteiger charge is 2.34. The van der Waals surface area contributed by atoms with Crippen molar-refractivity contribution < 1.29 is 14.7 Å². The first kappa shape index (κ1) is 15.8. The van der Waals surface area contributed by atoms with Gasteiger partial charge in [-0.2, -0.15) is 0 Å². The summed E-state index contributed by atoms with van der Waals surface area (Å²) in [6, 6.07) is -0.0510. The fourth-order valence-electron chi connectivity index (χ4n) is 2.22. The summed E-state index contributed by atoms with van der Waals surface area (Å²) in [6.07, 6.45) is -0.00326. The van der Waals surface area contributed by atoms with Gasteiger partial charge in [-0.1, -0.05) is 0 Å². The van der Waals surface area contributed by atoms with Crippen LogP contribution in [-0.2, 0) is 4.79 Å². The number of hydrogen-bond donors (Lipinski definition) is 1. The van der Waals surface area contributed by atoms with E-state index in [4.69, 9.17) is 5.11 Å². The van der Waals surface area contributed by atoms with Crippen LogP contribution >= 0.6 is 0 Å². The molecule has 6 nitrogen and oxygen atoms in total. The molecule has 1 aliphatic heterocycles. The van der Waals surface area contributed by atoms with Crippen LogP contribution in [0.15, 0.2) is 0 Å². The molecule has 1 heterocycles. The largest absolute Gasteiger partial charge is 0.481 e. The van der Waals surface area contributed by atoms with Gasteiger partial charge in [-0.15, -0.1) is 0 Å². The number of urea groups is 1. The zero-order valence-corrected chi connectivity index (χ0v) is 12.3. The van der Waals surface area contributed by atoms with E-state index in [2.05, 4.69) is 25.8 Å². The van der Waals surface area contributed by atoms with Gasteiger partial charge in [0.1, 0.15) is 0 Å². The fourth-order valence-corrected chi connectivity index (χ4v) is 2.22. The number of carbonyl (C=O) groups excluding carboxylic acids is 1. The average Bonchev–Trinajstić information content (AvgIpc) is 2.32. The third kappa shape index (κ3) is 4.09. The van der Waals surface area contributed by atoms with Crippen molar-refractivity contribution in [2.24, 2.45) is 0 Å². The van der Waals surface area contributed by atoms with Gasteiger partial charge >= 0.3 is 12.0 Å². The topological polar surface area (TPSA) is 64.1 Å². The van der Waals surface area contributed by atoms with E-state index >= 15 is 0 Å². The van der Waals surface area contributed by atoms with Gasteiger partial charge in [-0.05, 0) is 27.8 Å². The lowest BCUT2D eigenvalue weighted by atomic mass is 10.00. The zero-order chi connectivity index (χ0) is 14.6. The Morgan fingerprint density at radius 3 is 2.42 bits per heavy atom. The molecule has 2 amide bonds. The molecular formula is C13H25N3O3. The summed E-state index contributed by atoms with van der Waals surface area (Å²) in [5.41, 5.74) is -0.0415. The maximum Gasteiger partial charge on any atom is 0.320 e. The lowest BCUT2D eigenvalue weighted by Crippen LogP contribution is -2.60. The summed E-state index contributed by atoms with van der Waals surface area (Å²) in [7, 11) is 2.06. The molecule has 0 aromatic carbocycles. The maximum absolute atomic E-state index is 12.4. The van der Waals surface area contributed by atoms with Crippen molar-refractivity contribution in [3.8, 4) is 0 Å². The zero-order valence-electron chi connectivity index (χ0n) is 12.3. The summed E-state index contributed by atoms with van der Waals surface area (Å²) < 4.78 is 0. The maximum atomic E-state index is 12.4. The number of piperazine rings is 1. The van der Waals surface area contributed by atoms with Gasteiger partial charge in [0, 0.05) is 38.3 Å². The Balaban J connectivity index is 2.62. The molecule has 6 heteroatoms. The molecule has 19 heavy (non-hydrogen) atoms. The highest BCUT2D eigenvalue weighted by molar-refractivity contribution is 5.75. The highest BCUT2D eigenvalue weighted by atomic mass is 16.4. The number of aliphatic carboxylic acids is 1. The minimum atomic E-state index is -0.870. The van der Waals surface area contributed by atoms with Gasteiger partial charge in [-0.25, -0.2) is 4.79 Å². The third-order valence-electron chi connectivity index (χ3n) is 3.83. The first-order valence-electron chi connectivity index (χ1n) is 6.75. The van der Waals surface area contributed by atoms with Crippen molar-refractivity contribution in [3.63, 3.8) is 0 Å². The average molecular weight is 271 g/mol. The number of carboxylic acids is 1. The Labute approximate surface area is 115 Å². The van der Waals surface area contributed by atoms with Crippen LogP contribution in [0.5, 0.6) is 0 Å². The molecule has 0 aliphatic carbocycles. The van der Waals surface area contributed by atoms with Crippen molar-refractivity contribution in [3.05, 3.63) is 0 Å². The summed E-state index contributed by atoms with van der Waals surface area (Å²) in [4.78, 5) is 28.7. The summed E-state index contributed by atoms with van der Waals surface area (Å²) in [6.45, 7) is 9.13. The van der Waals surface area contributed by atoms with E-state index in [-0.39, 0.29) is 24.5 Å². The molecule has 0 spiro atoms. The smallest absolute Gasteiger partial charge is 0.320 e. The van der Waals surface area contributed by atoms with Crippen molar-refractivity contribution >= 4 is 12.0 Å². The number of carboxylic acid groups (broad SMARTS) is 1. The molecule has 1 fully saturated rings. The molecule has 0 aromatic rings. The normalized spacial score (nSPS) is 19.3. The SMILES string of the molecule is CCN(CCC(=O)O)C(=O)N1CCN(C)C(C)(C)C1. The summed E-state index contributed by atoms with van der Waals surface area (Å²) >= 11 is 0. The van der Waals surface area contributed by atoms with Gasteiger partial charge in [0.25, 0.3) is 0 Å². The van der Waals surface area contributed by atoms with Crippen molar-refractivity contribution in [1.29, 1.82) is 0 Å². The van der Waals surface area contributed by atoms with Gasteiger partial charge in [-0.3, -0.25) is 9.69 Å². The molecule has 0 radical (unpaired) electrons. The van der Waals surface area contributed by atoms with E-state index in [1.807, 2.05) is 11.8 Å². The molecule has 1 aliphatic rings. The first-order valence-corrected chi connectivity index (χ1v) is 6.75. The number of nitrogens with zero attached hydrogens (tertiary/aromatic N) is 3. The van der Waals surface area contributed by atoms with E-state index in [0.29, 0.717) is 19.6 Å². The van der Waals surface area contributed by atoms with Gasteiger partial charge < -0.3 is 14.9 Å². The third-order valence-corrected chi connectivity index (χ3v) is 3.83. The molecule has 1 N–H and O–H groups in total. The molecule has 1 rings (SSSR count). The molecular weight excluding hydrogens is 246 g/mol. The minimum absolute atomic E-state index is 0.00326. The Bertz CT molecular complexity index is 344. The molecule has 0 saturated carbocycles. The van der Waals surface area contributed by atoms with Crippen LogP contribution in [0.25, 0.3) is 0 Å².